The summed E-state index contributed by atoms with van der Waals surface area (Å²) < 4.78 is 10.5. The number of nitrogens with zero attached hydrogens (tertiary/aromatic N) is 2. The summed E-state index contributed by atoms with van der Waals surface area (Å²) in [5.41, 5.74) is 3.04. The van der Waals surface area contributed by atoms with E-state index in [2.05, 4.69) is 4.98 Å². The molecule has 1 atom stereocenters. The number of benzene rings is 2. The van der Waals surface area contributed by atoms with Crippen molar-refractivity contribution in [2.24, 2.45) is 0 Å². The molecule has 1 saturated heterocycles. The number of ketones is 1. The fourth-order valence-electron chi connectivity index (χ4n) is 4.58. The Bertz CT molecular complexity index is 1380. The Morgan fingerprint density at radius 1 is 1.03 bits per heavy atom. The number of hydrogen-bond donors (Lipinski definition) is 1. The molecule has 3 aromatic rings. The van der Waals surface area contributed by atoms with Crippen LogP contribution in [0.15, 0.2) is 72.6 Å². The fraction of sp³-hybridized carbons (Fsp3) is 0.267. The molecule has 1 N–H and O–H groups in total. The Balaban J connectivity index is 1.78. The first-order valence-corrected chi connectivity index (χ1v) is 12.4. The van der Waals surface area contributed by atoms with Crippen LogP contribution in [0.1, 0.15) is 65.3 Å². The molecule has 1 aliphatic rings. The van der Waals surface area contributed by atoms with Gasteiger partial charge in [0.05, 0.1) is 30.9 Å². The number of likely N-dealkylation sites (tertiary alicyclic amines) is 1. The van der Waals surface area contributed by atoms with E-state index in [-0.39, 0.29) is 30.4 Å². The van der Waals surface area contributed by atoms with E-state index in [1.54, 1.807) is 81.0 Å². The number of aromatic nitrogens is 1. The number of carbonyl (C=O) groups is 3. The maximum Gasteiger partial charge on any atom is 0.338 e. The van der Waals surface area contributed by atoms with E-state index in [1.165, 1.54) is 4.90 Å². The van der Waals surface area contributed by atoms with Crippen molar-refractivity contribution in [2.45, 2.75) is 39.3 Å². The third-order valence-electron chi connectivity index (χ3n) is 6.50. The number of amides is 1. The van der Waals surface area contributed by atoms with Crippen molar-refractivity contribution in [3.8, 4) is 5.75 Å². The summed E-state index contributed by atoms with van der Waals surface area (Å²) in [4.78, 5) is 44.1. The lowest BCUT2D eigenvalue weighted by Gasteiger charge is -2.25. The number of carbonyl (C=O) groups excluding carboxylic acids is 3. The van der Waals surface area contributed by atoms with Gasteiger partial charge in [0.2, 0.25) is 0 Å². The minimum absolute atomic E-state index is 0.00390. The first-order valence-electron chi connectivity index (χ1n) is 12.4. The van der Waals surface area contributed by atoms with E-state index in [0.717, 1.165) is 5.56 Å². The molecule has 0 bridgehead atoms. The van der Waals surface area contributed by atoms with Crippen LogP contribution in [0.2, 0.25) is 0 Å². The lowest BCUT2D eigenvalue weighted by atomic mass is 9.93. The zero-order chi connectivity index (χ0) is 27.4. The SMILES string of the molecule is CCOC(=O)c1ccc(CN2C(=O)C(=O)/C(=C(\O)c3ccc(OC)c(C(C)C)c3)C2c2ccncc2)cc1. The number of aliphatic hydroxyl groups is 1. The molecule has 0 saturated carbocycles. The van der Waals surface area contributed by atoms with Crippen LogP contribution in [-0.4, -0.2) is 46.4 Å². The number of esters is 1. The summed E-state index contributed by atoms with van der Waals surface area (Å²) in [6, 6.07) is 14.5. The second-order valence-electron chi connectivity index (χ2n) is 9.24. The molecule has 196 valence electrons. The first-order chi connectivity index (χ1) is 18.3. The second kappa shape index (κ2) is 11.3. The van der Waals surface area contributed by atoms with Crippen LogP contribution in [-0.2, 0) is 20.9 Å². The van der Waals surface area contributed by atoms with Crippen LogP contribution in [0.3, 0.4) is 0 Å². The molecule has 0 aliphatic carbocycles. The Kier molecular flexibility index (Phi) is 7.90. The summed E-state index contributed by atoms with van der Waals surface area (Å²) in [6.45, 7) is 6.11. The topological polar surface area (TPSA) is 106 Å². The molecule has 0 radical (unpaired) electrons. The van der Waals surface area contributed by atoms with Crippen molar-refractivity contribution in [1.82, 2.24) is 9.88 Å². The average Bonchev–Trinajstić information content (AvgIpc) is 3.18. The third-order valence-corrected chi connectivity index (χ3v) is 6.50. The van der Waals surface area contributed by atoms with Gasteiger partial charge in [0, 0.05) is 24.5 Å². The van der Waals surface area contributed by atoms with Crippen LogP contribution in [0.4, 0.5) is 0 Å². The normalized spacial score (nSPS) is 16.7. The highest BCUT2D eigenvalue weighted by Gasteiger charge is 2.46. The van der Waals surface area contributed by atoms with Crippen molar-refractivity contribution >= 4 is 23.4 Å². The van der Waals surface area contributed by atoms with E-state index >= 15 is 0 Å². The van der Waals surface area contributed by atoms with Gasteiger partial charge in [0.25, 0.3) is 11.7 Å². The van der Waals surface area contributed by atoms with Gasteiger partial charge in [-0.1, -0.05) is 26.0 Å². The Hall–Kier alpha value is -4.46. The standard InChI is InChI=1S/C30H30N2O6/c1-5-38-30(36)21-8-6-19(7-9-21)17-32-26(20-12-14-31-15-13-20)25(28(34)29(32)35)27(33)22-10-11-24(37-4)23(16-22)18(2)3/h6-16,18,26,33H,5,17H2,1-4H3/b27-25-. The fourth-order valence-corrected chi connectivity index (χ4v) is 4.58. The van der Waals surface area contributed by atoms with Gasteiger partial charge in [-0.3, -0.25) is 14.6 Å². The van der Waals surface area contributed by atoms with Crippen molar-refractivity contribution in [1.29, 1.82) is 0 Å². The monoisotopic (exact) mass is 514 g/mol. The number of hydrogen-bond acceptors (Lipinski definition) is 7. The summed E-state index contributed by atoms with van der Waals surface area (Å²) in [5, 5.41) is 11.4. The molecule has 2 heterocycles. The zero-order valence-corrected chi connectivity index (χ0v) is 21.8. The summed E-state index contributed by atoms with van der Waals surface area (Å²) in [7, 11) is 1.58. The van der Waals surface area contributed by atoms with Gasteiger partial charge in [-0.15, -0.1) is 0 Å². The minimum Gasteiger partial charge on any atom is -0.507 e. The van der Waals surface area contributed by atoms with Gasteiger partial charge in [0.15, 0.2) is 0 Å². The van der Waals surface area contributed by atoms with Gasteiger partial charge >= 0.3 is 5.97 Å². The Labute approximate surface area is 221 Å². The highest BCUT2D eigenvalue weighted by Crippen LogP contribution is 2.41. The van der Waals surface area contributed by atoms with E-state index < -0.39 is 23.7 Å². The molecule has 38 heavy (non-hydrogen) atoms. The molecule has 4 rings (SSSR count). The van der Waals surface area contributed by atoms with E-state index in [9.17, 15) is 19.5 Å². The molecule has 2 aromatic carbocycles. The predicted molar refractivity (Wildman–Crippen MR) is 142 cm³/mol. The number of ether oxygens (including phenoxy) is 2. The Morgan fingerprint density at radius 2 is 1.68 bits per heavy atom. The van der Waals surface area contributed by atoms with Crippen molar-refractivity contribution in [3.63, 3.8) is 0 Å². The van der Waals surface area contributed by atoms with Gasteiger partial charge < -0.3 is 19.5 Å². The predicted octanol–water partition coefficient (Wildman–Crippen LogP) is 5.01. The maximum atomic E-state index is 13.4. The molecule has 1 fully saturated rings. The highest BCUT2D eigenvalue weighted by atomic mass is 16.5. The second-order valence-corrected chi connectivity index (χ2v) is 9.24. The van der Waals surface area contributed by atoms with E-state index in [0.29, 0.717) is 28.0 Å². The number of aliphatic hydroxyl groups excluding tert-OH is 1. The number of pyridine rings is 1. The van der Waals surface area contributed by atoms with Gasteiger partial charge in [-0.05, 0) is 72.0 Å². The first kappa shape index (κ1) is 26.6. The lowest BCUT2D eigenvalue weighted by Crippen LogP contribution is -2.29. The molecule has 0 spiro atoms. The van der Waals surface area contributed by atoms with Crippen LogP contribution in [0.25, 0.3) is 5.76 Å². The lowest BCUT2D eigenvalue weighted by molar-refractivity contribution is -0.140. The molecular weight excluding hydrogens is 484 g/mol. The van der Waals surface area contributed by atoms with Gasteiger partial charge in [-0.2, -0.15) is 0 Å². The van der Waals surface area contributed by atoms with Gasteiger partial charge in [-0.25, -0.2) is 4.79 Å². The molecule has 1 amide bonds. The molecule has 1 aliphatic heterocycles. The van der Waals surface area contributed by atoms with Crippen molar-refractivity contribution in [3.05, 3.63) is 100 Å². The third kappa shape index (κ3) is 5.16. The van der Waals surface area contributed by atoms with Crippen LogP contribution >= 0.6 is 0 Å². The van der Waals surface area contributed by atoms with Crippen molar-refractivity contribution < 1.29 is 29.0 Å². The van der Waals surface area contributed by atoms with Gasteiger partial charge in [0.1, 0.15) is 11.5 Å². The summed E-state index contributed by atoms with van der Waals surface area (Å²) in [5.74, 6) is -1.40. The number of rotatable bonds is 8. The largest absolute Gasteiger partial charge is 0.507 e. The zero-order valence-electron chi connectivity index (χ0n) is 21.8. The van der Waals surface area contributed by atoms with Crippen LogP contribution in [0.5, 0.6) is 5.75 Å². The quantitative estimate of drug-likeness (QED) is 0.195. The summed E-state index contributed by atoms with van der Waals surface area (Å²) in [6.07, 6.45) is 3.15. The number of methoxy groups -OCH3 is 1. The van der Waals surface area contributed by atoms with Crippen LogP contribution in [0, 0.1) is 0 Å². The Morgan fingerprint density at radius 3 is 2.29 bits per heavy atom. The molecule has 1 aromatic heterocycles. The molecular formula is C30H30N2O6. The molecule has 8 nitrogen and oxygen atoms in total. The molecule has 8 heteroatoms. The maximum absolute atomic E-state index is 13.4. The average molecular weight is 515 g/mol. The highest BCUT2D eigenvalue weighted by molar-refractivity contribution is 6.46. The van der Waals surface area contributed by atoms with Crippen LogP contribution < -0.4 is 4.74 Å². The van der Waals surface area contributed by atoms with E-state index in [1.807, 2.05) is 13.8 Å². The molecule has 1 unspecified atom stereocenters. The van der Waals surface area contributed by atoms with Crippen molar-refractivity contribution in [2.75, 3.05) is 13.7 Å². The number of Topliss-reactive ketones (excluding diaryl/α,β-unsaturated/α-hetero) is 1. The smallest absolute Gasteiger partial charge is 0.338 e. The minimum atomic E-state index is -0.827. The summed E-state index contributed by atoms with van der Waals surface area (Å²) >= 11 is 0. The van der Waals surface area contributed by atoms with E-state index in [4.69, 9.17) is 9.47 Å².